The molecule has 1 aromatic heterocycles. The molecule has 1 heterocycles. The van der Waals surface area contributed by atoms with Gasteiger partial charge in [0.05, 0.1) is 0 Å². The van der Waals surface area contributed by atoms with Gasteiger partial charge in [0.15, 0.2) is 0 Å². The Morgan fingerprint density at radius 2 is 1.85 bits per heavy atom. The lowest BCUT2D eigenvalue weighted by Gasteiger charge is -2.06. The Labute approximate surface area is 80.5 Å². The van der Waals surface area contributed by atoms with Gasteiger partial charge in [-0.25, -0.2) is 0 Å². The fourth-order valence-electron chi connectivity index (χ4n) is 1.53. The Hall–Kier alpha value is -0.980. The lowest BCUT2D eigenvalue weighted by molar-refractivity contribution is 0.519. The van der Waals surface area contributed by atoms with Crippen LogP contribution in [0.5, 0.6) is 0 Å². The molecule has 0 unspecified atom stereocenters. The average molecular weight is 178 g/mol. The zero-order chi connectivity index (χ0) is 9.84. The SMILES string of the molecule is CC.CC1=Cc2oc(C)cc2CC1. The molecule has 0 amide bonds. The summed E-state index contributed by atoms with van der Waals surface area (Å²) in [6, 6.07) is 2.14. The van der Waals surface area contributed by atoms with E-state index in [4.69, 9.17) is 4.42 Å². The minimum atomic E-state index is 1.03. The third kappa shape index (κ3) is 2.24. The Kier molecular flexibility index (Phi) is 3.35. The molecule has 1 nitrogen and oxygen atoms in total. The molecule has 13 heavy (non-hydrogen) atoms. The van der Waals surface area contributed by atoms with E-state index < -0.39 is 0 Å². The smallest absolute Gasteiger partial charge is 0.130 e. The van der Waals surface area contributed by atoms with Crippen molar-refractivity contribution in [1.82, 2.24) is 0 Å². The predicted octanol–water partition coefficient (Wildman–Crippen LogP) is 3.96. The van der Waals surface area contributed by atoms with Crippen molar-refractivity contribution >= 4 is 6.08 Å². The molecule has 0 N–H and O–H groups in total. The largest absolute Gasteiger partial charge is 0.462 e. The van der Waals surface area contributed by atoms with Gasteiger partial charge in [0.25, 0.3) is 0 Å². The Balaban J connectivity index is 0.000000396. The van der Waals surface area contributed by atoms with E-state index >= 15 is 0 Å². The van der Waals surface area contributed by atoms with Crippen LogP contribution >= 0.6 is 0 Å². The molecule has 0 aliphatic heterocycles. The van der Waals surface area contributed by atoms with Crippen LogP contribution in [0, 0.1) is 6.92 Å². The molecule has 1 aromatic rings. The standard InChI is InChI=1S/C10H12O.C2H6/c1-7-3-4-9-6-8(2)11-10(9)5-7;1-2/h5-6H,3-4H2,1-2H3;1-2H3. The van der Waals surface area contributed by atoms with Crippen molar-refractivity contribution in [3.8, 4) is 0 Å². The molecule has 0 atom stereocenters. The molecule has 2 rings (SSSR count). The first kappa shape index (κ1) is 10.1. The van der Waals surface area contributed by atoms with E-state index in [9.17, 15) is 0 Å². The van der Waals surface area contributed by atoms with Gasteiger partial charge in [-0.2, -0.15) is 0 Å². The summed E-state index contributed by atoms with van der Waals surface area (Å²) in [5, 5.41) is 0. The first-order chi connectivity index (χ1) is 6.25. The highest BCUT2D eigenvalue weighted by Gasteiger charge is 2.11. The topological polar surface area (TPSA) is 13.1 Å². The first-order valence-corrected chi connectivity index (χ1v) is 5.02. The lowest BCUT2D eigenvalue weighted by atomic mass is 9.99. The second kappa shape index (κ2) is 4.31. The second-order valence-electron chi connectivity index (χ2n) is 3.24. The highest BCUT2D eigenvalue weighted by Crippen LogP contribution is 2.25. The van der Waals surface area contributed by atoms with Crippen molar-refractivity contribution in [3.63, 3.8) is 0 Å². The van der Waals surface area contributed by atoms with Crippen molar-refractivity contribution < 1.29 is 4.42 Å². The van der Waals surface area contributed by atoms with Crippen LogP contribution in [0.3, 0.4) is 0 Å². The molecule has 0 spiro atoms. The molecule has 72 valence electrons. The van der Waals surface area contributed by atoms with Crippen molar-refractivity contribution in [3.05, 3.63) is 28.7 Å². The van der Waals surface area contributed by atoms with Gasteiger partial charge in [-0.3, -0.25) is 0 Å². The molecular weight excluding hydrogens is 160 g/mol. The number of rotatable bonds is 0. The van der Waals surface area contributed by atoms with Crippen molar-refractivity contribution in [2.24, 2.45) is 0 Å². The number of fused-ring (bicyclic) bond motifs is 1. The molecule has 0 saturated heterocycles. The summed E-state index contributed by atoms with van der Waals surface area (Å²) < 4.78 is 5.50. The second-order valence-corrected chi connectivity index (χ2v) is 3.24. The average Bonchev–Trinajstić information content (AvgIpc) is 2.48. The number of hydrogen-bond donors (Lipinski definition) is 0. The number of allylic oxidation sites excluding steroid dienone is 1. The maximum Gasteiger partial charge on any atom is 0.130 e. The molecule has 0 bridgehead atoms. The Bertz CT molecular complexity index is 305. The van der Waals surface area contributed by atoms with Crippen molar-refractivity contribution in [1.29, 1.82) is 0 Å². The minimum Gasteiger partial charge on any atom is -0.462 e. The van der Waals surface area contributed by atoms with Gasteiger partial charge in [0.1, 0.15) is 11.5 Å². The summed E-state index contributed by atoms with van der Waals surface area (Å²) in [5.41, 5.74) is 2.79. The number of aryl methyl sites for hydroxylation is 2. The minimum absolute atomic E-state index is 1.03. The van der Waals surface area contributed by atoms with Gasteiger partial charge in [-0.15, -0.1) is 0 Å². The number of furan rings is 1. The van der Waals surface area contributed by atoms with Crippen LogP contribution < -0.4 is 0 Å². The summed E-state index contributed by atoms with van der Waals surface area (Å²) >= 11 is 0. The summed E-state index contributed by atoms with van der Waals surface area (Å²) in [5.74, 6) is 2.10. The van der Waals surface area contributed by atoms with E-state index in [0.29, 0.717) is 0 Å². The van der Waals surface area contributed by atoms with Crippen molar-refractivity contribution in [2.45, 2.75) is 40.5 Å². The summed E-state index contributed by atoms with van der Waals surface area (Å²) in [6.07, 6.45) is 4.48. The molecule has 0 fully saturated rings. The quantitative estimate of drug-likeness (QED) is 0.586. The van der Waals surface area contributed by atoms with Crippen LogP contribution in [0.2, 0.25) is 0 Å². The Morgan fingerprint density at radius 3 is 2.54 bits per heavy atom. The van der Waals surface area contributed by atoms with E-state index in [1.807, 2.05) is 20.8 Å². The van der Waals surface area contributed by atoms with Crippen LogP contribution in [-0.2, 0) is 6.42 Å². The zero-order valence-corrected chi connectivity index (χ0v) is 8.98. The summed E-state index contributed by atoms with van der Waals surface area (Å²) in [6.45, 7) is 8.16. The molecule has 0 aromatic carbocycles. The van der Waals surface area contributed by atoms with Crippen molar-refractivity contribution in [2.75, 3.05) is 0 Å². The molecule has 0 radical (unpaired) electrons. The molecule has 1 aliphatic rings. The van der Waals surface area contributed by atoms with Crippen LogP contribution in [0.25, 0.3) is 6.08 Å². The van der Waals surface area contributed by atoms with Gasteiger partial charge in [-0.05, 0) is 44.4 Å². The number of hydrogen-bond acceptors (Lipinski definition) is 1. The lowest BCUT2D eigenvalue weighted by Crippen LogP contribution is -1.92. The van der Waals surface area contributed by atoms with Gasteiger partial charge in [0.2, 0.25) is 0 Å². The van der Waals surface area contributed by atoms with E-state index in [1.54, 1.807) is 0 Å². The highest BCUT2D eigenvalue weighted by molar-refractivity contribution is 5.54. The normalized spacial score (nSPS) is 14.0. The van der Waals surface area contributed by atoms with E-state index in [2.05, 4.69) is 19.1 Å². The van der Waals surface area contributed by atoms with Gasteiger partial charge < -0.3 is 4.42 Å². The fraction of sp³-hybridized carbons (Fsp3) is 0.500. The zero-order valence-electron chi connectivity index (χ0n) is 8.98. The molecule has 0 saturated carbocycles. The predicted molar refractivity (Wildman–Crippen MR) is 56.8 cm³/mol. The van der Waals surface area contributed by atoms with E-state index in [-0.39, 0.29) is 0 Å². The van der Waals surface area contributed by atoms with Crippen LogP contribution in [-0.4, -0.2) is 0 Å². The summed E-state index contributed by atoms with van der Waals surface area (Å²) in [4.78, 5) is 0. The Morgan fingerprint density at radius 1 is 1.15 bits per heavy atom. The summed E-state index contributed by atoms with van der Waals surface area (Å²) in [7, 11) is 0. The van der Waals surface area contributed by atoms with Gasteiger partial charge in [0, 0.05) is 0 Å². The maximum absolute atomic E-state index is 5.50. The van der Waals surface area contributed by atoms with E-state index in [0.717, 1.165) is 17.9 Å². The third-order valence-electron chi connectivity index (χ3n) is 2.13. The maximum atomic E-state index is 5.50. The van der Waals surface area contributed by atoms with E-state index in [1.165, 1.54) is 17.6 Å². The molecular formula is C12H18O. The van der Waals surface area contributed by atoms with Gasteiger partial charge in [-0.1, -0.05) is 19.4 Å². The first-order valence-electron chi connectivity index (χ1n) is 5.02. The third-order valence-corrected chi connectivity index (χ3v) is 2.13. The van der Waals surface area contributed by atoms with Crippen LogP contribution in [0.1, 0.15) is 44.3 Å². The van der Waals surface area contributed by atoms with Crippen LogP contribution in [0.4, 0.5) is 0 Å². The monoisotopic (exact) mass is 178 g/mol. The van der Waals surface area contributed by atoms with Crippen LogP contribution in [0.15, 0.2) is 16.1 Å². The molecule has 1 heteroatoms. The molecule has 1 aliphatic carbocycles. The highest BCUT2D eigenvalue weighted by atomic mass is 16.3. The fourth-order valence-corrected chi connectivity index (χ4v) is 1.53. The van der Waals surface area contributed by atoms with Gasteiger partial charge >= 0.3 is 0 Å².